The molecule has 1 aromatic rings. The first kappa shape index (κ1) is 15.4. The van der Waals surface area contributed by atoms with E-state index in [2.05, 4.69) is 60.2 Å². The van der Waals surface area contributed by atoms with Gasteiger partial charge in [0.05, 0.1) is 12.2 Å². The molecule has 0 radical (unpaired) electrons. The molecule has 2 saturated carbocycles. The molecule has 4 atom stereocenters. The highest BCUT2D eigenvalue weighted by molar-refractivity contribution is 5.56. The van der Waals surface area contributed by atoms with Gasteiger partial charge < -0.3 is 9.80 Å². The van der Waals surface area contributed by atoms with E-state index in [1.54, 1.807) is 0 Å². The van der Waals surface area contributed by atoms with E-state index >= 15 is 0 Å². The van der Waals surface area contributed by atoms with Crippen LogP contribution < -0.4 is 4.90 Å². The summed E-state index contributed by atoms with van der Waals surface area (Å²) in [7, 11) is 0. The molecule has 2 heterocycles. The number of anilines is 1. The van der Waals surface area contributed by atoms with Crippen LogP contribution in [0, 0.1) is 24.2 Å². The SMILES string of the molecule is [2H]C([2H])([2H])C1N2C=CC(C3CCCCC3)(C3CCCC3)C2[C@H](C)N1c1ccccc1C. The molecule has 3 fully saturated rings. The molecule has 3 unspecified atom stereocenters. The number of aryl methyl sites for hydroxylation is 1. The van der Waals surface area contributed by atoms with Crippen LogP contribution in [0.1, 0.15) is 81.2 Å². The normalized spacial score (nSPS) is 38.5. The van der Waals surface area contributed by atoms with Gasteiger partial charge in [-0.2, -0.15) is 0 Å². The lowest BCUT2D eigenvalue weighted by Crippen LogP contribution is -2.52. The number of rotatable bonds is 3. The van der Waals surface area contributed by atoms with Gasteiger partial charge in [-0.05, 0) is 76.0 Å². The lowest BCUT2D eigenvalue weighted by Gasteiger charge is -2.49. The van der Waals surface area contributed by atoms with Crippen molar-refractivity contribution in [2.75, 3.05) is 4.90 Å². The van der Waals surface area contributed by atoms with Gasteiger partial charge in [0.15, 0.2) is 0 Å². The molecule has 152 valence electrons. The van der Waals surface area contributed by atoms with E-state index in [4.69, 9.17) is 4.11 Å². The number of benzene rings is 1. The smallest absolute Gasteiger partial charge is 0.0989 e. The Morgan fingerprint density at radius 2 is 1.61 bits per heavy atom. The van der Waals surface area contributed by atoms with Crippen molar-refractivity contribution in [2.45, 2.75) is 96.7 Å². The van der Waals surface area contributed by atoms with E-state index in [1.165, 1.54) is 57.8 Å². The largest absolute Gasteiger partial charge is 0.352 e. The van der Waals surface area contributed by atoms with Gasteiger partial charge in [0.25, 0.3) is 0 Å². The first-order valence-corrected chi connectivity index (χ1v) is 11.7. The molecular weight excluding hydrogens is 340 g/mol. The number of para-hydroxylation sites is 1. The van der Waals surface area contributed by atoms with Gasteiger partial charge in [0.2, 0.25) is 0 Å². The van der Waals surface area contributed by atoms with Crippen molar-refractivity contribution < 1.29 is 4.11 Å². The monoisotopic (exact) mass is 381 g/mol. The Labute approximate surface area is 176 Å². The Balaban J connectivity index is 1.62. The molecule has 1 saturated heterocycles. The average molecular weight is 382 g/mol. The van der Waals surface area contributed by atoms with Crippen molar-refractivity contribution in [3.63, 3.8) is 0 Å². The van der Waals surface area contributed by atoms with E-state index in [0.717, 1.165) is 11.3 Å². The summed E-state index contributed by atoms with van der Waals surface area (Å²) >= 11 is 0. The zero-order valence-electron chi connectivity index (χ0n) is 20.6. The lowest BCUT2D eigenvalue weighted by molar-refractivity contribution is 0.0341. The highest BCUT2D eigenvalue weighted by Gasteiger charge is 2.60. The minimum Gasteiger partial charge on any atom is -0.352 e. The molecule has 1 aromatic carbocycles. The molecule has 2 nitrogen and oxygen atoms in total. The second kappa shape index (κ2) is 7.11. The number of nitrogens with zero attached hydrogens (tertiary/aromatic N) is 2. The summed E-state index contributed by atoms with van der Waals surface area (Å²) in [4.78, 5) is 4.53. The summed E-state index contributed by atoms with van der Waals surface area (Å²) in [6.07, 6.45) is 16.0. The fraction of sp³-hybridized carbons (Fsp3) is 0.692. The van der Waals surface area contributed by atoms with Crippen LogP contribution in [-0.2, 0) is 0 Å². The highest BCUT2D eigenvalue weighted by Crippen LogP contribution is 2.59. The van der Waals surface area contributed by atoms with Crippen molar-refractivity contribution >= 4 is 5.69 Å². The topological polar surface area (TPSA) is 6.48 Å². The van der Waals surface area contributed by atoms with Gasteiger partial charge in [-0.25, -0.2) is 0 Å². The molecule has 5 rings (SSSR count). The van der Waals surface area contributed by atoms with Crippen molar-refractivity contribution in [1.82, 2.24) is 4.90 Å². The molecule has 4 aliphatic rings. The third-order valence-electron chi connectivity index (χ3n) is 8.58. The minimum atomic E-state index is -2.06. The Kier molecular flexibility index (Phi) is 3.91. The maximum Gasteiger partial charge on any atom is 0.0989 e. The van der Waals surface area contributed by atoms with Crippen LogP contribution in [0.3, 0.4) is 0 Å². The Hall–Kier alpha value is -1.44. The Morgan fingerprint density at radius 3 is 2.25 bits per heavy atom. The molecule has 2 heteroatoms. The van der Waals surface area contributed by atoms with E-state index in [-0.39, 0.29) is 17.5 Å². The van der Waals surface area contributed by atoms with Crippen molar-refractivity contribution in [1.29, 1.82) is 0 Å². The van der Waals surface area contributed by atoms with E-state index in [1.807, 2.05) is 0 Å². The van der Waals surface area contributed by atoms with Crippen LogP contribution in [0.4, 0.5) is 5.69 Å². The second-order valence-electron chi connectivity index (χ2n) is 9.83. The first-order valence-electron chi connectivity index (χ1n) is 13.2. The molecule has 0 spiro atoms. The minimum absolute atomic E-state index is 0.122. The number of hydrogen-bond donors (Lipinski definition) is 0. The van der Waals surface area contributed by atoms with Crippen LogP contribution in [0.5, 0.6) is 0 Å². The Bertz CT molecular complexity index is 822. The van der Waals surface area contributed by atoms with Gasteiger partial charge in [0.1, 0.15) is 0 Å². The van der Waals surface area contributed by atoms with Gasteiger partial charge in [-0.1, -0.05) is 56.4 Å². The third-order valence-corrected chi connectivity index (χ3v) is 8.58. The van der Waals surface area contributed by atoms with Crippen LogP contribution in [-0.4, -0.2) is 23.1 Å². The van der Waals surface area contributed by atoms with Crippen molar-refractivity contribution in [3.8, 4) is 0 Å². The lowest BCUT2D eigenvalue weighted by atomic mass is 9.57. The highest BCUT2D eigenvalue weighted by atomic mass is 15.5. The molecule has 0 N–H and O–H groups in total. The quantitative estimate of drug-likeness (QED) is 0.589. The fourth-order valence-corrected chi connectivity index (χ4v) is 7.40. The van der Waals surface area contributed by atoms with Crippen LogP contribution >= 0.6 is 0 Å². The molecule has 2 aliphatic heterocycles. The maximum atomic E-state index is 8.52. The van der Waals surface area contributed by atoms with Gasteiger partial charge in [0, 0.05) is 21.3 Å². The standard InChI is InChI=1S/C26H38N2/c1-19-11-7-10-16-24(19)28-20(2)25-26(23-14-8-9-15-23,17-18-27(25)21(28)3)22-12-5-4-6-13-22/h7,10-11,16-18,20-23,25H,4-6,8-9,12-15H2,1-3H3/t20-,21?,25?,26?/m0/s1/i3D3. The van der Waals surface area contributed by atoms with Gasteiger partial charge in [-0.15, -0.1) is 0 Å². The van der Waals surface area contributed by atoms with Crippen molar-refractivity contribution in [2.24, 2.45) is 17.3 Å². The molecule has 0 amide bonds. The van der Waals surface area contributed by atoms with E-state index in [9.17, 15) is 0 Å². The zero-order chi connectivity index (χ0) is 21.8. The van der Waals surface area contributed by atoms with Crippen LogP contribution in [0.25, 0.3) is 0 Å². The molecule has 28 heavy (non-hydrogen) atoms. The predicted molar refractivity (Wildman–Crippen MR) is 118 cm³/mol. The maximum absolute atomic E-state index is 8.52. The predicted octanol–water partition coefficient (Wildman–Crippen LogP) is 6.50. The van der Waals surface area contributed by atoms with Crippen LogP contribution in [0.15, 0.2) is 36.5 Å². The van der Waals surface area contributed by atoms with E-state index < -0.39 is 13.0 Å². The summed E-state index contributed by atoms with van der Waals surface area (Å²) in [6.45, 7) is 2.35. The fourth-order valence-electron chi connectivity index (χ4n) is 7.40. The van der Waals surface area contributed by atoms with E-state index in [0.29, 0.717) is 11.8 Å². The summed E-state index contributed by atoms with van der Waals surface area (Å²) < 4.78 is 25.6. The average Bonchev–Trinajstić information content (AvgIpc) is 3.46. The summed E-state index contributed by atoms with van der Waals surface area (Å²) in [5, 5.41) is 0. The van der Waals surface area contributed by atoms with Gasteiger partial charge >= 0.3 is 0 Å². The summed E-state index contributed by atoms with van der Waals surface area (Å²) in [6, 6.07) is 8.76. The number of fused-ring (bicyclic) bond motifs is 1. The zero-order valence-corrected chi connectivity index (χ0v) is 17.6. The third kappa shape index (κ3) is 2.59. The molecular formula is C26H38N2. The van der Waals surface area contributed by atoms with Crippen LogP contribution in [0.2, 0.25) is 0 Å². The summed E-state index contributed by atoms with van der Waals surface area (Å²) in [5.74, 6) is 1.38. The second-order valence-corrected chi connectivity index (χ2v) is 9.83. The molecule has 0 bridgehead atoms. The molecule has 2 aliphatic carbocycles. The van der Waals surface area contributed by atoms with Gasteiger partial charge in [-0.3, -0.25) is 0 Å². The Morgan fingerprint density at radius 1 is 0.964 bits per heavy atom. The molecule has 0 aromatic heterocycles. The first-order chi connectivity index (χ1) is 14.9. The number of hydrogen-bond acceptors (Lipinski definition) is 2. The summed E-state index contributed by atoms with van der Waals surface area (Å²) in [5.41, 5.74) is 2.37. The van der Waals surface area contributed by atoms with Crippen molar-refractivity contribution in [3.05, 3.63) is 42.1 Å².